The molecular weight excluding hydrogens is 244 g/mol. The smallest absolute Gasteiger partial charge is 0.271 e. The van der Waals surface area contributed by atoms with E-state index in [1.807, 2.05) is 13.1 Å². The topological polar surface area (TPSA) is 67.4 Å². The fourth-order valence-electron chi connectivity index (χ4n) is 2.21. The van der Waals surface area contributed by atoms with Crippen molar-refractivity contribution in [1.82, 2.24) is 15.5 Å². The molecule has 104 valence electrons. The Balaban J connectivity index is 1.94. The minimum Gasteiger partial charge on any atom is -0.381 e. The Labute approximate surface area is 113 Å². The molecule has 1 aliphatic heterocycles. The van der Waals surface area contributed by atoms with Crippen molar-refractivity contribution >= 4 is 11.7 Å². The lowest BCUT2D eigenvalue weighted by Gasteiger charge is -2.27. The van der Waals surface area contributed by atoms with Crippen LogP contribution in [0.1, 0.15) is 23.3 Å². The molecule has 1 aromatic heterocycles. The van der Waals surface area contributed by atoms with Crippen molar-refractivity contribution in [2.75, 3.05) is 38.8 Å². The molecule has 6 nitrogen and oxygen atoms in total. The Hall–Kier alpha value is -1.69. The molecule has 1 N–H and O–H groups in total. The van der Waals surface area contributed by atoms with E-state index in [1.165, 1.54) is 6.42 Å². The summed E-state index contributed by atoms with van der Waals surface area (Å²) >= 11 is 0. The lowest BCUT2D eigenvalue weighted by atomic mass is 10.0. The minimum absolute atomic E-state index is 0.220. The summed E-state index contributed by atoms with van der Waals surface area (Å²) in [7, 11) is 3.56. The third-order valence-corrected chi connectivity index (χ3v) is 3.29. The Morgan fingerprint density at radius 1 is 1.53 bits per heavy atom. The number of hydrogen-bond acceptors (Lipinski definition) is 5. The van der Waals surface area contributed by atoms with Gasteiger partial charge in [0.2, 0.25) is 0 Å². The predicted octanol–water partition coefficient (Wildman–Crippen LogP) is 0.699. The molecule has 0 aromatic carbocycles. The first-order chi connectivity index (χ1) is 9.20. The van der Waals surface area contributed by atoms with Crippen molar-refractivity contribution in [2.24, 2.45) is 5.92 Å². The summed E-state index contributed by atoms with van der Waals surface area (Å²) in [5, 5.41) is 10.5. The van der Waals surface area contributed by atoms with E-state index < -0.39 is 0 Å². The number of anilines is 1. The maximum atomic E-state index is 11.4. The number of hydrogen-bond donors (Lipinski definition) is 1. The van der Waals surface area contributed by atoms with Gasteiger partial charge in [-0.05, 0) is 30.9 Å². The standard InChI is InChI=1S/C13H20N4O2/c1-14-13(18)11-5-6-12(16-15-11)17(2)8-10-4-3-7-19-9-10/h5-6,10H,3-4,7-9H2,1-2H3,(H,14,18). The van der Waals surface area contributed by atoms with Gasteiger partial charge >= 0.3 is 0 Å². The highest BCUT2D eigenvalue weighted by molar-refractivity contribution is 5.91. The van der Waals surface area contributed by atoms with E-state index in [4.69, 9.17) is 4.74 Å². The van der Waals surface area contributed by atoms with Gasteiger partial charge in [0.25, 0.3) is 5.91 Å². The van der Waals surface area contributed by atoms with Crippen LogP contribution >= 0.6 is 0 Å². The fraction of sp³-hybridized carbons (Fsp3) is 0.615. The number of aromatic nitrogens is 2. The average Bonchev–Trinajstić information content (AvgIpc) is 2.47. The molecule has 1 aromatic rings. The third kappa shape index (κ3) is 3.64. The van der Waals surface area contributed by atoms with E-state index in [1.54, 1.807) is 13.1 Å². The maximum absolute atomic E-state index is 11.4. The van der Waals surface area contributed by atoms with Gasteiger partial charge in [-0.3, -0.25) is 4.79 Å². The number of ether oxygens (including phenoxy) is 1. The van der Waals surface area contributed by atoms with Crippen LogP contribution in [0.15, 0.2) is 12.1 Å². The molecule has 19 heavy (non-hydrogen) atoms. The van der Waals surface area contributed by atoms with Crippen LogP contribution in [0.4, 0.5) is 5.82 Å². The summed E-state index contributed by atoms with van der Waals surface area (Å²) in [5.41, 5.74) is 0.334. The molecule has 1 amide bonds. The van der Waals surface area contributed by atoms with Crippen LogP contribution in [0.3, 0.4) is 0 Å². The van der Waals surface area contributed by atoms with Crippen LogP contribution < -0.4 is 10.2 Å². The second-order valence-corrected chi connectivity index (χ2v) is 4.82. The first-order valence-corrected chi connectivity index (χ1v) is 6.55. The summed E-state index contributed by atoms with van der Waals surface area (Å²) in [6, 6.07) is 3.51. The van der Waals surface area contributed by atoms with Crippen LogP contribution in [-0.4, -0.2) is 50.0 Å². The first-order valence-electron chi connectivity index (χ1n) is 6.55. The van der Waals surface area contributed by atoms with Gasteiger partial charge in [0.1, 0.15) is 0 Å². The molecule has 0 radical (unpaired) electrons. The van der Waals surface area contributed by atoms with Crippen LogP contribution in [0.25, 0.3) is 0 Å². The van der Waals surface area contributed by atoms with Gasteiger partial charge in [-0.15, -0.1) is 10.2 Å². The second kappa shape index (κ2) is 6.47. The highest BCUT2D eigenvalue weighted by atomic mass is 16.5. The number of carbonyl (C=O) groups is 1. The third-order valence-electron chi connectivity index (χ3n) is 3.29. The van der Waals surface area contributed by atoms with E-state index in [0.29, 0.717) is 11.6 Å². The summed E-state index contributed by atoms with van der Waals surface area (Å²) in [5.74, 6) is 1.10. The molecule has 0 spiro atoms. The number of nitrogens with one attached hydrogen (secondary N) is 1. The van der Waals surface area contributed by atoms with Crippen molar-refractivity contribution in [2.45, 2.75) is 12.8 Å². The van der Waals surface area contributed by atoms with Crippen LogP contribution in [0.2, 0.25) is 0 Å². The molecule has 0 aliphatic carbocycles. The van der Waals surface area contributed by atoms with Gasteiger partial charge in [0, 0.05) is 27.2 Å². The largest absolute Gasteiger partial charge is 0.381 e. The monoisotopic (exact) mass is 264 g/mol. The lowest BCUT2D eigenvalue weighted by molar-refractivity contribution is 0.0576. The van der Waals surface area contributed by atoms with Crippen molar-refractivity contribution in [3.05, 3.63) is 17.8 Å². The van der Waals surface area contributed by atoms with Crippen LogP contribution in [0, 0.1) is 5.92 Å². The minimum atomic E-state index is -0.220. The van der Waals surface area contributed by atoms with E-state index in [2.05, 4.69) is 20.4 Å². The molecule has 2 rings (SSSR count). The quantitative estimate of drug-likeness (QED) is 0.867. The number of nitrogens with zero attached hydrogens (tertiary/aromatic N) is 3. The molecule has 1 aliphatic rings. The maximum Gasteiger partial charge on any atom is 0.271 e. The SMILES string of the molecule is CNC(=O)c1ccc(N(C)CC2CCCOC2)nn1. The van der Waals surface area contributed by atoms with E-state index >= 15 is 0 Å². The van der Waals surface area contributed by atoms with Gasteiger partial charge in [-0.25, -0.2) is 0 Å². The zero-order valence-corrected chi connectivity index (χ0v) is 11.4. The molecular formula is C13H20N4O2. The summed E-state index contributed by atoms with van der Waals surface area (Å²) in [4.78, 5) is 13.4. The molecule has 1 saturated heterocycles. The first kappa shape index (κ1) is 13.7. The van der Waals surface area contributed by atoms with E-state index in [-0.39, 0.29) is 5.91 Å². The molecule has 2 heterocycles. The lowest BCUT2D eigenvalue weighted by Crippen LogP contribution is -2.31. The van der Waals surface area contributed by atoms with Gasteiger partial charge < -0.3 is 15.0 Å². The van der Waals surface area contributed by atoms with Crippen molar-refractivity contribution in [3.8, 4) is 0 Å². The summed E-state index contributed by atoms with van der Waals surface area (Å²) in [6.07, 6.45) is 2.31. The summed E-state index contributed by atoms with van der Waals surface area (Å²) in [6.45, 7) is 2.59. The Morgan fingerprint density at radius 3 is 2.95 bits per heavy atom. The van der Waals surface area contributed by atoms with Crippen LogP contribution in [-0.2, 0) is 4.74 Å². The predicted molar refractivity (Wildman–Crippen MR) is 72.2 cm³/mol. The Morgan fingerprint density at radius 2 is 2.37 bits per heavy atom. The van der Waals surface area contributed by atoms with Gasteiger partial charge in [-0.2, -0.15) is 0 Å². The number of rotatable bonds is 4. The van der Waals surface area contributed by atoms with Gasteiger partial charge in [0.15, 0.2) is 11.5 Å². The normalized spacial score (nSPS) is 18.9. The van der Waals surface area contributed by atoms with Crippen LogP contribution in [0.5, 0.6) is 0 Å². The molecule has 1 unspecified atom stereocenters. The average molecular weight is 264 g/mol. The highest BCUT2D eigenvalue weighted by Gasteiger charge is 2.17. The number of carbonyl (C=O) groups excluding carboxylic acids is 1. The molecule has 0 bridgehead atoms. The molecule has 1 fully saturated rings. The van der Waals surface area contributed by atoms with Crippen molar-refractivity contribution in [3.63, 3.8) is 0 Å². The van der Waals surface area contributed by atoms with Gasteiger partial charge in [-0.1, -0.05) is 0 Å². The Kier molecular flexibility index (Phi) is 4.68. The number of amides is 1. The zero-order chi connectivity index (χ0) is 13.7. The molecule has 0 saturated carbocycles. The molecule has 6 heteroatoms. The second-order valence-electron chi connectivity index (χ2n) is 4.82. The highest BCUT2D eigenvalue weighted by Crippen LogP contribution is 2.17. The van der Waals surface area contributed by atoms with Gasteiger partial charge in [0.05, 0.1) is 6.61 Å². The summed E-state index contributed by atoms with van der Waals surface area (Å²) < 4.78 is 5.47. The zero-order valence-electron chi connectivity index (χ0n) is 11.4. The van der Waals surface area contributed by atoms with E-state index in [0.717, 1.165) is 32.0 Å². The Bertz CT molecular complexity index is 415. The van der Waals surface area contributed by atoms with Crippen molar-refractivity contribution in [1.29, 1.82) is 0 Å². The van der Waals surface area contributed by atoms with E-state index in [9.17, 15) is 4.79 Å². The fourth-order valence-corrected chi connectivity index (χ4v) is 2.21. The molecule has 1 atom stereocenters. The van der Waals surface area contributed by atoms with Crippen molar-refractivity contribution < 1.29 is 9.53 Å².